The molecule has 0 aliphatic carbocycles. The molecule has 0 spiro atoms. The SMILES string of the molecule is CCNC(=NCc1ccc(OC)cc1OC)N1CCOC(C2CCCO2)C1.I. The summed E-state index contributed by atoms with van der Waals surface area (Å²) in [5.74, 6) is 2.47. The second-order valence-corrected chi connectivity index (χ2v) is 6.75. The van der Waals surface area contributed by atoms with E-state index in [1.165, 1.54) is 0 Å². The lowest BCUT2D eigenvalue weighted by Crippen LogP contribution is -2.53. The lowest BCUT2D eigenvalue weighted by atomic mass is 10.1. The molecule has 28 heavy (non-hydrogen) atoms. The summed E-state index contributed by atoms with van der Waals surface area (Å²) in [6.07, 6.45) is 2.52. The number of halogens is 1. The zero-order chi connectivity index (χ0) is 19.1. The number of hydrogen-bond acceptors (Lipinski definition) is 5. The topological polar surface area (TPSA) is 64.6 Å². The van der Waals surface area contributed by atoms with Crippen LogP contribution in [0.15, 0.2) is 23.2 Å². The summed E-state index contributed by atoms with van der Waals surface area (Å²) in [7, 11) is 3.32. The quantitative estimate of drug-likeness (QED) is 0.365. The molecule has 0 amide bonds. The van der Waals surface area contributed by atoms with E-state index >= 15 is 0 Å². The summed E-state index contributed by atoms with van der Waals surface area (Å²) < 4.78 is 22.5. The van der Waals surface area contributed by atoms with Crippen molar-refractivity contribution in [3.63, 3.8) is 0 Å². The Hall–Kier alpha value is -1.26. The molecular formula is C20H32IN3O4. The van der Waals surface area contributed by atoms with Gasteiger partial charge >= 0.3 is 0 Å². The van der Waals surface area contributed by atoms with Crippen molar-refractivity contribution < 1.29 is 18.9 Å². The van der Waals surface area contributed by atoms with E-state index in [1.54, 1.807) is 14.2 Å². The third-order valence-electron chi connectivity index (χ3n) is 5.00. The summed E-state index contributed by atoms with van der Waals surface area (Å²) in [4.78, 5) is 7.12. The Morgan fingerprint density at radius 3 is 2.71 bits per heavy atom. The van der Waals surface area contributed by atoms with Crippen LogP contribution in [0, 0.1) is 0 Å². The van der Waals surface area contributed by atoms with Crippen LogP contribution in [0.2, 0.25) is 0 Å². The molecule has 2 heterocycles. The highest BCUT2D eigenvalue weighted by Crippen LogP contribution is 2.25. The van der Waals surface area contributed by atoms with E-state index in [9.17, 15) is 0 Å². The van der Waals surface area contributed by atoms with E-state index in [1.807, 2.05) is 18.2 Å². The minimum atomic E-state index is 0. The van der Waals surface area contributed by atoms with E-state index in [0.29, 0.717) is 13.2 Å². The largest absolute Gasteiger partial charge is 0.497 e. The van der Waals surface area contributed by atoms with Gasteiger partial charge in [0.1, 0.15) is 17.6 Å². The first-order chi connectivity index (χ1) is 13.2. The fourth-order valence-electron chi connectivity index (χ4n) is 3.56. The molecule has 2 aliphatic heterocycles. The first-order valence-electron chi connectivity index (χ1n) is 9.72. The van der Waals surface area contributed by atoms with Crippen molar-refractivity contribution in [3.05, 3.63) is 23.8 Å². The summed E-state index contributed by atoms with van der Waals surface area (Å²) in [5, 5.41) is 3.41. The van der Waals surface area contributed by atoms with Gasteiger partial charge in [0, 0.05) is 37.9 Å². The van der Waals surface area contributed by atoms with Crippen molar-refractivity contribution in [2.45, 2.75) is 38.5 Å². The van der Waals surface area contributed by atoms with Gasteiger partial charge in [-0.3, -0.25) is 0 Å². The molecule has 158 valence electrons. The van der Waals surface area contributed by atoms with Crippen LogP contribution < -0.4 is 14.8 Å². The molecule has 3 rings (SSSR count). The average Bonchev–Trinajstić information content (AvgIpc) is 3.26. The van der Waals surface area contributed by atoms with Gasteiger partial charge in [-0.05, 0) is 31.9 Å². The average molecular weight is 505 g/mol. The minimum Gasteiger partial charge on any atom is -0.497 e. The normalized spacial score (nSPS) is 22.5. The molecule has 0 aromatic heterocycles. The van der Waals surface area contributed by atoms with Crippen molar-refractivity contribution in [3.8, 4) is 11.5 Å². The van der Waals surface area contributed by atoms with Gasteiger partial charge in [-0.15, -0.1) is 24.0 Å². The zero-order valence-electron chi connectivity index (χ0n) is 17.0. The van der Waals surface area contributed by atoms with Crippen molar-refractivity contribution in [1.29, 1.82) is 0 Å². The van der Waals surface area contributed by atoms with Gasteiger partial charge in [0.2, 0.25) is 0 Å². The Morgan fingerprint density at radius 2 is 2.04 bits per heavy atom. The molecular weight excluding hydrogens is 473 g/mol. The number of aliphatic imine (C=N–C) groups is 1. The lowest BCUT2D eigenvalue weighted by Gasteiger charge is -2.37. The Kier molecular flexibility index (Phi) is 9.60. The van der Waals surface area contributed by atoms with Crippen LogP contribution in [0.3, 0.4) is 0 Å². The zero-order valence-corrected chi connectivity index (χ0v) is 19.3. The van der Waals surface area contributed by atoms with Gasteiger partial charge in [-0.2, -0.15) is 0 Å². The van der Waals surface area contributed by atoms with E-state index in [4.69, 9.17) is 23.9 Å². The standard InChI is InChI=1S/C20H31N3O4.HI/c1-4-21-20(22-13-15-7-8-16(24-2)12-18(15)25-3)23-9-11-27-19(14-23)17-6-5-10-26-17;/h7-8,12,17,19H,4-6,9-11,13-14H2,1-3H3,(H,21,22);1H. The molecule has 1 aromatic rings. The third kappa shape index (κ3) is 5.87. The fraction of sp³-hybridized carbons (Fsp3) is 0.650. The molecule has 0 bridgehead atoms. The highest BCUT2D eigenvalue weighted by molar-refractivity contribution is 14.0. The van der Waals surface area contributed by atoms with E-state index in [2.05, 4.69) is 17.1 Å². The van der Waals surface area contributed by atoms with Gasteiger partial charge in [-0.25, -0.2) is 4.99 Å². The summed E-state index contributed by atoms with van der Waals surface area (Å²) in [6.45, 7) is 6.61. The number of morpholine rings is 1. The predicted octanol–water partition coefficient (Wildman–Crippen LogP) is 2.67. The molecule has 7 nitrogen and oxygen atoms in total. The maximum Gasteiger partial charge on any atom is 0.194 e. The van der Waals surface area contributed by atoms with E-state index < -0.39 is 0 Å². The predicted molar refractivity (Wildman–Crippen MR) is 120 cm³/mol. The van der Waals surface area contributed by atoms with Gasteiger partial charge in [0.25, 0.3) is 0 Å². The molecule has 1 N–H and O–H groups in total. The summed E-state index contributed by atoms with van der Waals surface area (Å²) in [5.41, 5.74) is 1.03. The molecule has 2 saturated heterocycles. The van der Waals surface area contributed by atoms with Gasteiger partial charge in [0.05, 0.1) is 33.5 Å². The maximum absolute atomic E-state index is 5.96. The van der Waals surface area contributed by atoms with Gasteiger partial charge < -0.3 is 29.2 Å². The molecule has 1 aromatic carbocycles. The highest BCUT2D eigenvalue weighted by Gasteiger charge is 2.32. The number of methoxy groups -OCH3 is 2. The van der Waals surface area contributed by atoms with E-state index in [0.717, 1.165) is 62.1 Å². The third-order valence-corrected chi connectivity index (χ3v) is 5.00. The molecule has 2 unspecified atom stereocenters. The van der Waals surface area contributed by atoms with Gasteiger partial charge in [-0.1, -0.05) is 0 Å². The first kappa shape index (κ1) is 23.0. The maximum atomic E-state index is 5.96. The minimum absolute atomic E-state index is 0. The Morgan fingerprint density at radius 1 is 1.21 bits per heavy atom. The Bertz CT molecular complexity index is 638. The molecule has 2 atom stereocenters. The van der Waals surface area contributed by atoms with E-state index in [-0.39, 0.29) is 36.2 Å². The van der Waals surface area contributed by atoms with Crippen LogP contribution in [-0.4, -0.2) is 70.1 Å². The van der Waals surface area contributed by atoms with Crippen LogP contribution in [-0.2, 0) is 16.0 Å². The fourth-order valence-corrected chi connectivity index (χ4v) is 3.56. The molecule has 2 fully saturated rings. The lowest BCUT2D eigenvalue weighted by molar-refractivity contribution is -0.0817. The van der Waals surface area contributed by atoms with Crippen molar-refractivity contribution in [2.24, 2.45) is 4.99 Å². The Labute approximate surface area is 184 Å². The molecule has 8 heteroatoms. The Balaban J connectivity index is 0.00000280. The van der Waals surface area contributed by atoms with Crippen LogP contribution in [0.1, 0.15) is 25.3 Å². The highest BCUT2D eigenvalue weighted by atomic mass is 127. The molecule has 0 saturated carbocycles. The number of guanidine groups is 1. The first-order valence-corrected chi connectivity index (χ1v) is 9.72. The summed E-state index contributed by atoms with van der Waals surface area (Å²) in [6, 6.07) is 5.82. The van der Waals surface area contributed by atoms with Crippen molar-refractivity contribution >= 4 is 29.9 Å². The monoisotopic (exact) mass is 505 g/mol. The van der Waals surface area contributed by atoms with Gasteiger partial charge in [0.15, 0.2) is 5.96 Å². The summed E-state index contributed by atoms with van der Waals surface area (Å²) >= 11 is 0. The number of benzene rings is 1. The number of hydrogen-bond donors (Lipinski definition) is 1. The molecule has 2 aliphatic rings. The number of nitrogens with one attached hydrogen (secondary N) is 1. The van der Waals surface area contributed by atoms with Crippen molar-refractivity contribution in [2.75, 3.05) is 47.1 Å². The second-order valence-electron chi connectivity index (χ2n) is 6.75. The smallest absolute Gasteiger partial charge is 0.194 e. The van der Waals surface area contributed by atoms with Crippen LogP contribution in [0.25, 0.3) is 0 Å². The van der Waals surface area contributed by atoms with Crippen LogP contribution in [0.5, 0.6) is 11.5 Å². The number of rotatable bonds is 6. The second kappa shape index (κ2) is 11.7. The van der Waals surface area contributed by atoms with Crippen LogP contribution >= 0.6 is 24.0 Å². The van der Waals surface area contributed by atoms with Crippen molar-refractivity contribution in [1.82, 2.24) is 10.2 Å². The van der Waals surface area contributed by atoms with Crippen LogP contribution in [0.4, 0.5) is 0 Å². The number of nitrogens with zero attached hydrogens (tertiary/aromatic N) is 2. The molecule has 0 radical (unpaired) electrons. The number of ether oxygens (including phenoxy) is 4.